The Bertz CT molecular complexity index is 3510. The lowest BCUT2D eigenvalue weighted by Gasteiger charge is -2.42. The number of amides is 5. The van der Waals surface area contributed by atoms with Gasteiger partial charge in [-0.2, -0.15) is 0 Å². The molecule has 0 radical (unpaired) electrons. The molecule has 2 aromatic heterocycles. The third kappa shape index (κ3) is 13.0. The van der Waals surface area contributed by atoms with Gasteiger partial charge in [-0.25, -0.2) is 18.4 Å². The van der Waals surface area contributed by atoms with Crippen LogP contribution >= 0.6 is 0 Å². The Morgan fingerprint density at radius 1 is 0.534 bits per heavy atom. The second-order valence-electron chi connectivity index (χ2n) is 25.4. The van der Waals surface area contributed by atoms with Gasteiger partial charge in [0, 0.05) is 99.7 Å². The summed E-state index contributed by atoms with van der Waals surface area (Å²) in [7, 11) is -5.07. The summed E-state index contributed by atoms with van der Waals surface area (Å²) in [4.78, 5) is 85.0. The highest BCUT2D eigenvalue weighted by Crippen LogP contribution is 2.52. The molecule has 4 aromatic carbocycles. The summed E-state index contributed by atoms with van der Waals surface area (Å²) >= 11 is 0. The predicted octanol–water partition coefficient (Wildman–Crippen LogP) is 12.2. The summed E-state index contributed by atoms with van der Waals surface area (Å²) < 4.78 is 54.1. The summed E-state index contributed by atoms with van der Waals surface area (Å²) in [5.41, 5.74) is 11.4. The number of hydrogen-bond donors (Lipinski definition) is 2. The molecule has 0 aliphatic carbocycles. The molecule has 0 atom stereocenters. The van der Waals surface area contributed by atoms with E-state index in [2.05, 4.69) is 88.4 Å². The second-order valence-corrected chi connectivity index (χ2v) is 36.2. The van der Waals surface area contributed by atoms with Crippen LogP contribution in [0.2, 0.25) is 33.2 Å². The molecular weight excluding hydrogens is 1160 g/mol. The fraction of sp³-hybridized carbons (Fsp3) is 0.470. The van der Waals surface area contributed by atoms with Crippen LogP contribution in [0.15, 0.2) is 85.2 Å². The number of pyridine rings is 2. The van der Waals surface area contributed by atoms with E-state index in [-0.39, 0.29) is 95.2 Å². The van der Waals surface area contributed by atoms with E-state index in [0.29, 0.717) is 114 Å². The normalized spacial score (nSPS) is 15.7. The number of nitrogens with zero attached hydrogens (tertiary/aromatic N) is 7. The number of fused-ring (bicyclic) bond motifs is 4. The number of benzene rings is 4. The number of carbonyl (C=O) groups is 5. The fourth-order valence-electron chi connectivity index (χ4n) is 14.0. The van der Waals surface area contributed by atoms with Crippen molar-refractivity contribution in [3.05, 3.63) is 130 Å². The minimum Gasteiger partial charge on any atom is -0.541 e. The van der Waals surface area contributed by atoms with Gasteiger partial charge in [0.1, 0.15) is 45.7 Å². The molecule has 4 aliphatic rings. The number of nitrogens with one attached hydrogen (secondary N) is 1. The zero-order valence-corrected chi connectivity index (χ0v) is 54.9. The molecule has 18 nitrogen and oxygen atoms in total. The van der Waals surface area contributed by atoms with Gasteiger partial charge in [0.05, 0.1) is 30.8 Å². The molecule has 4 aliphatic heterocycles. The van der Waals surface area contributed by atoms with E-state index in [4.69, 9.17) is 34.0 Å². The van der Waals surface area contributed by atoms with Crippen molar-refractivity contribution >= 4 is 68.3 Å². The molecule has 5 amide bonds. The van der Waals surface area contributed by atoms with Crippen LogP contribution < -0.4 is 29.4 Å². The Morgan fingerprint density at radius 3 is 1.25 bits per heavy atom. The highest BCUT2D eigenvalue weighted by molar-refractivity contribution is 6.79. The molecule has 10 rings (SSSR count). The topological polar surface area (TPSA) is 202 Å². The summed E-state index contributed by atoms with van der Waals surface area (Å²) in [5, 5.41) is 4.49. The molecule has 470 valence electrons. The van der Waals surface area contributed by atoms with Gasteiger partial charge in [0.2, 0.25) is 5.91 Å². The first-order valence-corrected chi connectivity index (χ1v) is 35.1. The van der Waals surface area contributed by atoms with Crippen molar-refractivity contribution in [1.82, 2.24) is 39.8 Å². The van der Waals surface area contributed by atoms with Crippen LogP contribution in [0.25, 0.3) is 21.8 Å². The Balaban J connectivity index is 0.000000210. The van der Waals surface area contributed by atoms with Crippen LogP contribution in [-0.2, 0) is 31.0 Å². The average molecular weight is 1240 g/mol. The Kier molecular flexibility index (Phi) is 20.0. The number of carbonyl (C=O) groups excluding carboxylic acids is 5. The minimum absolute atomic E-state index is 0.133. The van der Waals surface area contributed by atoms with Crippen molar-refractivity contribution in [2.75, 3.05) is 58.9 Å². The van der Waals surface area contributed by atoms with E-state index in [1.54, 1.807) is 62.3 Å². The van der Waals surface area contributed by atoms with E-state index in [9.17, 15) is 32.8 Å². The van der Waals surface area contributed by atoms with E-state index < -0.39 is 34.7 Å². The molecule has 2 saturated heterocycles. The summed E-state index contributed by atoms with van der Waals surface area (Å²) in [6.07, 6.45) is 2.35. The van der Waals surface area contributed by atoms with Crippen LogP contribution in [0, 0.1) is 11.6 Å². The average Bonchev–Trinajstić information content (AvgIpc) is 1.99. The first kappa shape index (κ1) is 64.9. The number of rotatable bonds is 18. The van der Waals surface area contributed by atoms with Gasteiger partial charge in [0.25, 0.3) is 28.4 Å². The number of piperazine rings is 2. The third-order valence-corrected chi connectivity index (χ3v) is 30.1. The van der Waals surface area contributed by atoms with Gasteiger partial charge in [0.15, 0.2) is 0 Å². The first-order valence-electron chi connectivity index (χ1n) is 30.8. The van der Waals surface area contributed by atoms with Crippen LogP contribution in [0.3, 0.4) is 0 Å². The van der Waals surface area contributed by atoms with E-state index in [1.807, 2.05) is 23.1 Å². The minimum atomic E-state index is -2.56. The molecule has 0 spiro atoms. The molecule has 6 aromatic rings. The highest BCUT2D eigenvalue weighted by Gasteiger charge is 2.51. The van der Waals surface area contributed by atoms with Crippen molar-refractivity contribution in [1.29, 1.82) is 0 Å². The highest BCUT2D eigenvalue weighted by atomic mass is 28.4. The SMILES string of the molecule is CC(C)[Si](Oc1c2c(c(OC(=O)N3CCN(CC(N)=O)CC3)c3cccnc13)CN(Cc1ccc(F)cc1)C2=O)(C(C)C)C(C)C.CC(C)[Si](Oc1c2c(c(OC(=O)N3CCNCC3)c3cccnc13)CN(Cc1ccc(F)cc1)C2=O)(C(C)C)C(C)C. The lowest BCUT2D eigenvalue weighted by molar-refractivity contribution is -0.119. The van der Waals surface area contributed by atoms with Gasteiger partial charge in [-0.15, -0.1) is 0 Å². The van der Waals surface area contributed by atoms with Crippen molar-refractivity contribution in [3.8, 4) is 23.0 Å². The molecule has 88 heavy (non-hydrogen) atoms. The lowest BCUT2D eigenvalue weighted by atomic mass is 10.0. The molecule has 0 unspecified atom stereocenters. The molecular formula is C66H85F2N9O9Si2. The Hall–Kier alpha value is -7.54. The smallest absolute Gasteiger partial charge is 0.415 e. The van der Waals surface area contributed by atoms with E-state index in [1.165, 1.54) is 24.3 Å². The van der Waals surface area contributed by atoms with Crippen LogP contribution in [-0.4, -0.2) is 140 Å². The number of primary amides is 1. The third-order valence-electron chi connectivity index (χ3n) is 18.1. The summed E-state index contributed by atoms with van der Waals surface area (Å²) in [6.45, 7) is 31.6. The summed E-state index contributed by atoms with van der Waals surface area (Å²) in [5.74, 6) is 0.00529. The van der Waals surface area contributed by atoms with Crippen LogP contribution in [0.5, 0.6) is 23.0 Å². The zero-order chi connectivity index (χ0) is 63.5. The molecule has 6 heterocycles. The molecule has 3 N–H and O–H groups in total. The monoisotopic (exact) mass is 1240 g/mol. The van der Waals surface area contributed by atoms with E-state index >= 15 is 0 Å². The van der Waals surface area contributed by atoms with Gasteiger partial charge in [-0.05, 0) is 92.9 Å². The van der Waals surface area contributed by atoms with Crippen molar-refractivity contribution in [2.24, 2.45) is 5.73 Å². The standard InChI is InChI=1S/C34H44FN5O5Si.C32H41FN4O4Si/c1-21(2)46(22(3)4,23(5)6)45-32-29-27(19-40(33(29)42)18-24-9-11-25(35)12-10-24)31(26-8-7-13-37-30(26)32)44-34(43)39-16-14-38(15-17-39)20-28(36)41;1-20(2)42(21(3)4,22(5)6)41-30-27-26(19-37(31(27)38)18-23-9-11-24(33)12-10-23)29(25-8-7-13-35-28(25)30)40-32(39)36-16-14-34-15-17-36/h7-13,21-23H,14-20H2,1-6H3,(H2,36,41);7-13,20-22,34H,14-19H2,1-6H3. The maximum atomic E-state index is 14.4. The number of halogens is 2. The van der Waals surface area contributed by atoms with Gasteiger partial charge >= 0.3 is 12.2 Å². The molecule has 0 bridgehead atoms. The van der Waals surface area contributed by atoms with Gasteiger partial charge < -0.3 is 49.0 Å². The maximum Gasteiger partial charge on any atom is 0.415 e. The number of nitrogens with two attached hydrogens (primary N) is 1. The zero-order valence-electron chi connectivity index (χ0n) is 52.9. The Labute approximate surface area is 517 Å². The first-order chi connectivity index (χ1) is 41.9. The molecule has 0 saturated carbocycles. The number of hydrogen-bond acceptors (Lipinski definition) is 13. The Morgan fingerprint density at radius 2 is 0.898 bits per heavy atom. The second kappa shape index (κ2) is 27.1. The fourth-order valence-corrected chi connectivity index (χ4v) is 24.5. The van der Waals surface area contributed by atoms with Gasteiger partial charge in [-0.3, -0.25) is 29.3 Å². The maximum absolute atomic E-state index is 14.4. The number of ether oxygens (including phenoxy) is 2. The van der Waals surface area contributed by atoms with E-state index in [0.717, 1.165) is 11.1 Å². The lowest BCUT2D eigenvalue weighted by Crippen LogP contribution is -2.51. The quantitative estimate of drug-likeness (QED) is 0.0770. The van der Waals surface area contributed by atoms with Crippen LogP contribution in [0.1, 0.15) is 126 Å². The molecule has 22 heteroatoms. The largest absolute Gasteiger partial charge is 0.541 e. The van der Waals surface area contributed by atoms with Crippen LogP contribution in [0.4, 0.5) is 18.4 Å². The number of aromatic nitrogens is 2. The van der Waals surface area contributed by atoms with Crippen molar-refractivity contribution in [3.63, 3.8) is 0 Å². The van der Waals surface area contributed by atoms with Gasteiger partial charge in [-0.1, -0.05) is 107 Å². The predicted molar refractivity (Wildman–Crippen MR) is 340 cm³/mol. The van der Waals surface area contributed by atoms with Crippen molar-refractivity contribution in [2.45, 2.75) is 143 Å². The molecule has 2 fully saturated rings. The van der Waals surface area contributed by atoms with Crippen molar-refractivity contribution < 1.29 is 51.1 Å². The summed E-state index contributed by atoms with van der Waals surface area (Å²) in [6, 6.07) is 19.5.